The van der Waals surface area contributed by atoms with Crippen LogP contribution in [0.5, 0.6) is 5.88 Å². The van der Waals surface area contributed by atoms with Crippen LogP contribution in [0.25, 0.3) is 5.69 Å². The van der Waals surface area contributed by atoms with Gasteiger partial charge in [-0.15, -0.1) is 0 Å². The third-order valence-corrected chi connectivity index (χ3v) is 4.86. The summed E-state index contributed by atoms with van der Waals surface area (Å²) in [6.07, 6.45) is 1.40. The van der Waals surface area contributed by atoms with Crippen molar-refractivity contribution in [1.82, 2.24) is 9.55 Å². The van der Waals surface area contributed by atoms with E-state index in [1.165, 1.54) is 10.8 Å². The molecular formula is C21H21N3O2S. The second-order valence-electron chi connectivity index (χ2n) is 6.47. The molecule has 1 unspecified atom stereocenters. The lowest BCUT2D eigenvalue weighted by Gasteiger charge is -2.13. The van der Waals surface area contributed by atoms with E-state index in [1.807, 2.05) is 69.3 Å². The maximum Gasteiger partial charge on any atom is 0.264 e. The van der Waals surface area contributed by atoms with Crippen LogP contribution < -0.4 is 5.56 Å². The highest BCUT2D eigenvalue weighted by atomic mass is 32.1. The van der Waals surface area contributed by atoms with E-state index in [2.05, 4.69) is 9.98 Å². The Balaban J connectivity index is 2.07. The summed E-state index contributed by atoms with van der Waals surface area (Å²) < 4.78 is 1.58. The van der Waals surface area contributed by atoms with Gasteiger partial charge < -0.3 is 5.11 Å². The lowest BCUT2D eigenvalue weighted by molar-refractivity contribution is 0.432. The number of aryl methyl sites for hydroxylation is 2. The van der Waals surface area contributed by atoms with Gasteiger partial charge in [0.25, 0.3) is 5.56 Å². The Morgan fingerprint density at radius 2 is 1.85 bits per heavy atom. The van der Waals surface area contributed by atoms with Gasteiger partial charge in [0.2, 0.25) is 5.88 Å². The second-order valence-corrected chi connectivity index (χ2v) is 6.85. The van der Waals surface area contributed by atoms with Crippen LogP contribution in [-0.2, 0) is 0 Å². The first-order chi connectivity index (χ1) is 12.9. The number of benzene rings is 2. The van der Waals surface area contributed by atoms with Crippen LogP contribution in [0.15, 0.2) is 58.3 Å². The van der Waals surface area contributed by atoms with Gasteiger partial charge in [0.1, 0.15) is 5.56 Å². The zero-order valence-electron chi connectivity index (χ0n) is 15.4. The Morgan fingerprint density at radius 1 is 1.15 bits per heavy atom. The number of nitrogens with zero attached hydrogens (tertiary/aromatic N) is 2. The topological polar surface area (TPSA) is 70.4 Å². The van der Waals surface area contributed by atoms with Gasteiger partial charge in [-0.25, -0.2) is 0 Å². The van der Waals surface area contributed by atoms with E-state index in [4.69, 9.17) is 12.2 Å². The maximum absolute atomic E-state index is 12.3. The van der Waals surface area contributed by atoms with E-state index in [0.717, 1.165) is 16.7 Å². The van der Waals surface area contributed by atoms with E-state index in [9.17, 15) is 9.90 Å². The Bertz CT molecular complexity index is 1110. The van der Waals surface area contributed by atoms with Crippen LogP contribution in [0.3, 0.4) is 0 Å². The highest BCUT2D eigenvalue weighted by Gasteiger charge is 2.13. The van der Waals surface area contributed by atoms with Crippen molar-refractivity contribution in [2.75, 3.05) is 0 Å². The minimum Gasteiger partial charge on any atom is -0.494 e. The third kappa shape index (κ3) is 3.90. The smallest absolute Gasteiger partial charge is 0.264 e. The number of H-pyrrole nitrogens is 1. The number of aromatic nitrogens is 2. The van der Waals surface area contributed by atoms with Crippen molar-refractivity contribution in [3.05, 3.63) is 85.9 Å². The van der Waals surface area contributed by atoms with E-state index >= 15 is 0 Å². The molecule has 0 aliphatic carbocycles. The zero-order valence-corrected chi connectivity index (χ0v) is 16.2. The molecule has 2 N–H and O–H groups in total. The summed E-state index contributed by atoms with van der Waals surface area (Å²) in [7, 11) is 0. The average molecular weight is 379 g/mol. The predicted octanol–water partition coefficient (Wildman–Crippen LogP) is 4.40. The summed E-state index contributed by atoms with van der Waals surface area (Å²) in [5.41, 5.74) is 3.50. The van der Waals surface area contributed by atoms with Crippen molar-refractivity contribution in [2.45, 2.75) is 26.8 Å². The molecule has 6 heteroatoms. The van der Waals surface area contributed by atoms with Gasteiger partial charge in [-0.3, -0.25) is 19.3 Å². The van der Waals surface area contributed by atoms with E-state index in [-0.39, 0.29) is 22.3 Å². The second kappa shape index (κ2) is 7.72. The summed E-state index contributed by atoms with van der Waals surface area (Å²) in [5, 5.41) is 10.7. The quantitative estimate of drug-likeness (QED) is 0.521. The number of rotatable bonds is 4. The monoisotopic (exact) mass is 379 g/mol. The molecule has 0 spiro atoms. The van der Waals surface area contributed by atoms with E-state index in [1.54, 1.807) is 0 Å². The lowest BCUT2D eigenvalue weighted by atomic mass is 10.1. The number of nitrogens with one attached hydrogen (secondary N) is 1. The van der Waals surface area contributed by atoms with Gasteiger partial charge in [0.05, 0.1) is 11.7 Å². The third-order valence-electron chi connectivity index (χ3n) is 4.58. The van der Waals surface area contributed by atoms with Crippen LogP contribution in [0.4, 0.5) is 0 Å². The van der Waals surface area contributed by atoms with Crippen molar-refractivity contribution in [1.29, 1.82) is 0 Å². The fourth-order valence-electron chi connectivity index (χ4n) is 2.76. The summed E-state index contributed by atoms with van der Waals surface area (Å²) in [5.74, 6) is -0.226. The number of aromatic amines is 1. The molecule has 0 bridgehead atoms. The molecule has 1 aromatic heterocycles. The number of hydrogen-bond donors (Lipinski definition) is 2. The lowest BCUT2D eigenvalue weighted by Crippen LogP contribution is -2.18. The van der Waals surface area contributed by atoms with Gasteiger partial charge in [-0.1, -0.05) is 36.4 Å². The zero-order chi connectivity index (χ0) is 19.6. The molecular weight excluding hydrogens is 358 g/mol. The summed E-state index contributed by atoms with van der Waals surface area (Å²) in [6, 6.07) is 15.3. The molecule has 0 fully saturated rings. The van der Waals surface area contributed by atoms with Crippen LogP contribution in [-0.4, -0.2) is 20.9 Å². The van der Waals surface area contributed by atoms with E-state index < -0.39 is 5.56 Å². The normalized spacial score (nSPS) is 12.4. The Hall–Kier alpha value is -2.99. The van der Waals surface area contributed by atoms with Gasteiger partial charge in [-0.05, 0) is 61.8 Å². The van der Waals surface area contributed by atoms with Crippen molar-refractivity contribution in [2.24, 2.45) is 4.99 Å². The number of aliphatic imine (C=N–C) groups is 1. The largest absolute Gasteiger partial charge is 0.494 e. The standard InChI is InChI=1S/C21H21N3O2S/c1-13-9-10-17(11-14(13)2)24-20(26)18(19(25)23-21(24)27)12-22-15(3)16-7-5-4-6-8-16/h4-12,15,26H,1-3H3,(H,23,25,27). The molecule has 2 aromatic carbocycles. The molecule has 1 atom stereocenters. The van der Waals surface area contributed by atoms with Crippen molar-refractivity contribution in [3.8, 4) is 11.6 Å². The minimum atomic E-state index is -0.471. The van der Waals surface area contributed by atoms with Gasteiger partial charge >= 0.3 is 0 Å². The fourth-order valence-corrected chi connectivity index (χ4v) is 3.05. The number of hydrogen-bond acceptors (Lipinski definition) is 4. The molecule has 0 aliphatic rings. The van der Waals surface area contributed by atoms with Crippen LogP contribution in [0.1, 0.15) is 35.2 Å². The predicted molar refractivity (Wildman–Crippen MR) is 111 cm³/mol. The molecule has 0 amide bonds. The molecule has 3 rings (SSSR count). The highest BCUT2D eigenvalue weighted by molar-refractivity contribution is 7.71. The maximum atomic E-state index is 12.3. The van der Waals surface area contributed by atoms with Gasteiger partial charge in [0, 0.05) is 6.21 Å². The summed E-state index contributed by atoms with van der Waals surface area (Å²) >= 11 is 5.26. The van der Waals surface area contributed by atoms with Crippen molar-refractivity contribution >= 4 is 18.4 Å². The van der Waals surface area contributed by atoms with Crippen LogP contribution in [0.2, 0.25) is 0 Å². The Morgan fingerprint density at radius 3 is 2.52 bits per heavy atom. The minimum absolute atomic E-state index is 0.0737. The first-order valence-corrected chi connectivity index (χ1v) is 9.03. The van der Waals surface area contributed by atoms with Crippen molar-refractivity contribution < 1.29 is 5.11 Å². The average Bonchev–Trinajstić information content (AvgIpc) is 2.64. The van der Waals surface area contributed by atoms with Gasteiger partial charge in [-0.2, -0.15) is 0 Å². The SMILES string of the molecule is Cc1ccc(-n2c(O)c(C=NC(C)c3ccccc3)c(=O)[nH]c2=S)cc1C. The van der Waals surface area contributed by atoms with Crippen molar-refractivity contribution in [3.63, 3.8) is 0 Å². The molecule has 0 saturated carbocycles. The van der Waals surface area contributed by atoms with Crippen LogP contribution in [0, 0.1) is 18.6 Å². The molecule has 138 valence electrons. The fraction of sp³-hybridized carbons (Fsp3) is 0.190. The molecule has 1 heterocycles. The first kappa shape index (κ1) is 18.8. The first-order valence-electron chi connectivity index (χ1n) is 8.62. The molecule has 0 saturated heterocycles. The summed E-state index contributed by atoms with van der Waals surface area (Å²) in [4.78, 5) is 19.4. The van der Waals surface area contributed by atoms with Crippen LogP contribution >= 0.6 is 12.2 Å². The molecule has 0 radical (unpaired) electrons. The molecule has 0 aliphatic heterocycles. The Kier molecular flexibility index (Phi) is 5.37. The molecule has 27 heavy (non-hydrogen) atoms. The summed E-state index contributed by atoms with van der Waals surface area (Å²) in [6.45, 7) is 5.92. The highest BCUT2D eigenvalue weighted by Crippen LogP contribution is 2.22. The van der Waals surface area contributed by atoms with E-state index in [0.29, 0.717) is 5.69 Å². The molecule has 5 nitrogen and oxygen atoms in total. The molecule has 3 aromatic rings. The Labute approximate surface area is 162 Å². The number of aromatic hydroxyl groups is 1. The van der Waals surface area contributed by atoms with Gasteiger partial charge in [0.15, 0.2) is 4.77 Å².